The van der Waals surface area contributed by atoms with Gasteiger partial charge in [-0.2, -0.15) is 5.10 Å². The minimum absolute atomic E-state index is 0.119. The fourth-order valence-corrected chi connectivity index (χ4v) is 2.54. The van der Waals surface area contributed by atoms with Crippen molar-refractivity contribution in [2.45, 2.75) is 52.8 Å². The van der Waals surface area contributed by atoms with Crippen LogP contribution < -0.4 is 0 Å². The second-order valence-electron chi connectivity index (χ2n) is 7.10. The van der Waals surface area contributed by atoms with Crippen LogP contribution in [0, 0.1) is 6.92 Å². The van der Waals surface area contributed by atoms with E-state index in [1.807, 2.05) is 32.4 Å². The van der Waals surface area contributed by atoms with E-state index in [9.17, 15) is 9.59 Å². The lowest BCUT2D eigenvalue weighted by Gasteiger charge is -2.26. The molecule has 0 radical (unpaired) electrons. The molecule has 7 nitrogen and oxygen atoms in total. The molecular weight excluding hydrogens is 296 g/mol. The number of carbonyl (C=O) groups excluding carboxylic acids is 2. The number of ether oxygens (including phenoxy) is 1. The molecule has 23 heavy (non-hydrogen) atoms. The first kappa shape index (κ1) is 17.3. The number of aromatic nitrogens is 2. The zero-order valence-electron chi connectivity index (χ0n) is 14.8. The molecule has 1 aliphatic heterocycles. The van der Waals surface area contributed by atoms with Gasteiger partial charge in [-0.25, -0.2) is 4.79 Å². The Labute approximate surface area is 137 Å². The average Bonchev–Trinajstić information content (AvgIpc) is 2.61. The Morgan fingerprint density at radius 1 is 1.22 bits per heavy atom. The molecule has 1 aromatic rings. The molecule has 7 heteroatoms. The fourth-order valence-electron chi connectivity index (χ4n) is 2.54. The molecule has 0 aliphatic carbocycles. The Morgan fingerprint density at radius 2 is 1.87 bits per heavy atom. The third-order valence-electron chi connectivity index (χ3n) is 3.72. The minimum atomic E-state index is -0.523. The minimum Gasteiger partial charge on any atom is -0.444 e. The lowest BCUT2D eigenvalue weighted by Crippen LogP contribution is -2.36. The monoisotopic (exact) mass is 322 g/mol. The number of nitrogens with zero attached hydrogens (tertiary/aromatic N) is 4. The summed E-state index contributed by atoms with van der Waals surface area (Å²) in [7, 11) is 3.42. The Morgan fingerprint density at radius 3 is 2.43 bits per heavy atom. The first-order chi connectivity index (χ1) is 10.6. The van der Waals surface area contributed by atoms with Gasteiger partial charge >= 0.3 is 6.09 Å². The second-order valence-corrected chi connectivity index (χ2v) is 7.10. The number of carbonyl (C=O) groups is 2. The van der Waals surface area contributed by atoms with Crippen molar-refractivity contribution in [3.05, 3.63) is 17.0 Å². The van der Waals surface area contributed by atoms with Crippen molar-refractivity contribution in [2.24, 2.45) is 0 Å². The summed E-state index contributed by atoms with van der Waals surface area (Å²) in [5, 5.41) is 4.45. The van der Waals surface area contributed by atoms with Gasteiger partial charge in [-0.15, -0.1) is 0 Å². The summed E-state index contributed by atoms with van der Waals surface area (Å²) in [5.41, 5.74) is 1.67. The highest BCUT2D eigenvalue weighted by Crippen LogP contribution is 2.21. The van der Waals surface area contributed by atoms with E-state index in [1.165, 1.54) is 4.90 Å². The Balaban J connectivity index is 2.26. The van der Waals surface area contributed by atoms with Crippen LogP contribution >= 0.6 is 0 Å². The van der Waals surface area contributed by atoms with E-state index in [1.54, 1.807) is 19.0 Å². The van der Waals surface area contributed by atoms with E-state index in [2.05, 4.69) is 5.10 Å². The standard InChI is InChI=1S/C16H26N4O3/c1-11-12-10-19(15(22)23-16(2,3)4)8-7-9-20(12)17-13(11)14(21)18(5)6/h7-10H2,1-6H3. The molecular formula is C16H26N4O3. The largest absolute Gasteiger partial charge is 0.444 e. The van der Waals surface area contributed by atoms with Gasteiger partial charge in [0.25, 0.3) is 5.91 Å². The molecule has 2 heterocycles. The van der Waals surface area contributed by atoms with E-state index in [-0.39, 0.29) is 12.0 Å². The van der Waals surface area contributed by atoms with Crippen molar-refractivity contribution in [2.75, 3.05) is 20.6 Å². The van der Waals surface area contributed by atoms with Crippen LogP contribution in [0.4, 0.5) is 4.79 Å². The molecule has 0 bridgehead atoms. The molecule has 1 aromatic heterocycles. The maximum atomic E-state index is 12.3. The number of fused-ring (bicyclic) bond motifs is 1. The summed E-state index contributed by atoms with van der Waals surface area (Å²) in [6.07, 6.45) is 0.454. The van der Waals surface area contributed by atoms with E-state index >= 15 is 0 Å². The maximum Gasteiger partial charge on any atom is 0.410 e. The van der Waals surface area contributed by atoms with E-state index in [4.69, 9.17) is 4.74 Å². The highest BCUT2D eigenvalue weighted by atomic mass is 16.6. The maximum absolute atomic E-state index is 12.3. The smallest absolute Gasteiger partial charge is 0.410 e. The van der Waals surface area contributed by atoms with Gasteiger partial charge in [0.05, 0.1) is 12.2 Å². The molecule has 0 saturated carbocycles. The van der Waals surface area contributed by atoms with Crippen LogP contribution in [0.1, 0.15) is 48.9 Å². The van der Waals surface area contributed by atoms with Gasteiger partial charge in [-0.3, -0.25) is 9.48 Å². The van der Waals surface area contributed by atoms with Crippen molar-refractivity contribution >= 4 is 12.0 Å². The van der Waals surface area contributed by atoms with Crippen LogP contribution in [0.5, 0.6) is 0 Å². The average molecular weight is 322 g/mol. The molecule has 1 aliphatic rings. The predicted octanol–water partition coefficient (Wildman–Crippen LogP) is 2.03. The molecule has 0 unspecified atom stereocenters. The van der Waals surface area contributed by atoms with Crippen LogP contribution in [-0.4, -0.2) is 57.8 Å². The first-order valence-corrected chi connectivity index (χ1v) is 7.86. The third-order valence-corrected chi connectivity index (χ3v) is 3.72. The summed E-state index contributed by atoms with van der Waals surface area (Å²) in [6.45, 7) is 9.16. The number of hydrogen-bond donors (Lipinski definition) is 0. The van der Waals surface area contributed by atoms with Crippen LogP contribution in [0.15, 0.2) is 0 Å². The molecule has 128 valence electrons. The number of aryl methyl sites for hydroxylation is 1. The topological polar surface area (TPSA) is 67.7 Å². The second kappa shape index (κ2) is 6.22. The normalized spacial score (nSPS) is 15.0. The zero-order valence-corrected chi connectivity index (χ0v) is 14.8. The van der Waals surface area contributed by atoms with Gasteiger partial charge in [0.15, 0.2) is 5.69 Å². The van der Waals surface area contributed by atoms with E-state index in [0.717, 1.165) is 17.7 Å². The molecule has 0 saturated heterocycles. The van der Waals surface area contributed by atoms with Crippen LogP contribution in [0.2, 0.25) is 0 Å². The number of rotatable bonds is 1. The van der Waals surface area contributed by atoms with Crippen molar-refractivity contribution in [3.63, 3.8) is 0 Å². The highest BCUT2D eigenvalue weighted by Gasteiger charge is 2.28. The summed E-state index contributed by atoms with van der Waals surface area (Å²) >= 11 is 0. The summed E-state index contributed by atoms with van der Waals surface area (Å²) < 4.78 is 7.31. The van der Waals surface area contributed by atoms with Crippen molar-refractivity contribution < 1.29 is 14.3 Å². The Hall–Kier alpha value is -2.05. The van der Waals surface area contributed by atoms with Gasteiger partial charge < -0.3 is 14.5 Å². The SMILES string of the molecule is Cc1c(C(=O)N(C)C)nn2c1CN(C(=O)OC(C)(C)C)CCC2. The molecule has 2 rings (SSSR count). The zero-order chi connectivity index (χ0) is 17.4. The quantitative estimate of drug-likeness (QED) is 0.793. The van der Waals surface area contributed by atoms with Crippen LogP contribution in [-0.2, 0) is 17.8 Å². The Bertz CT molecular complexity index is 614. The molecule has 0 N–H and O–H groups in total. The molecule has 0 spiro atoms. The lowest BCUT2D eigenvalue weighted by molar-refractivity contribution is 0.0236. The van der Waals surface area contributed by atoms with Gasteiger partial charge in [-0.05, 0) is 34.1 Å². The summed E-state index contributed by atoms with van der Waals surface area (Å²) in [5.74, 6) is -0.119. The van der Waals surface area contributed by atoms with Crippen LogP contribution in [0.25, 0.3) is 0 Å². The predicted molar refractivity (Wildman–Crippen MR) is 86.2 cm³/mol. The van der Waals surface area contributed by atoms with Gasteiger partial charge in [0.1, 0.15) is 5.60 Å². The Kier molecular flexibility index (Phi) is 4.68. The van der Waals surface area contributed by atoms with Crippen LogP contribution in [0.3, 0.4) is 0 Å². The van der Waals surface area contributed by atoms with E-state index in [0.29, 0.717) is 25.3 Å². The van der Waals surface area contributed by atoms with Crippen molar-refractivity contribution in [3.8, 4) is 0 Å². The van der Waals surface area contributed by atoms with Gasteiger partial charge in [0.2, 0.25) is 0 Å². The van der Waals surface area contributed by atoms with E-state index < -0.39 is 5.60 Å². The molecule has 0 fully saturated rings. The van der Waals surface area contributed by atoms with Gasteiger partial charge in [-0.1, -0.05) is 0 Å². The highest BCUT2D eigenvalue weighted by molar-refractivity contribution is 5.93. The number of hydrogen-bond acceptors (Lipinski definition) is 4. The summed E-state index contributed by atoms with van der Waals surface area (Å²) in [6, 6.07) is 0. The number of amides is 2. The molecule has 2 amide bonds. The molecule has 0 aromatic carbocycles. The van der Waals surface area contributed by atoms with Crippen molar-refractivity contribution in [1.29, 1.82) is 0 Å². The summed E-state index contributed by atoms with van der Waals surface area (Å²) in [4.78, 5) is 27.8. The lowest BCUT2D eigenvalue weighted by atomic mass is 10.2. The fraction of sp³-hybridized carbons (Fsp3) is 0.688. The molecule has 0 atom stereocenters. The third kappa shape index (κ3) is 3.83. The first-order valence-electron chi connectivity index (χ1n) is 7.86. The van der Waals surface area contributed by atoms with Crippen molar-refractivity contribution in [1.82, 2.24) is 19.6 Å². The van der Waals surface area contributed by atoms with Gasteiger partial charge in [0, 0.05) is 32.7 Å².